The van der Waals surface area contributed by atoms with E-state index in [-0.39, 0.29) is 18.2 Å². The average molecular weight is 340 g/mol. The molecular formula is C17H26ClN3O2. The fourth-order valence-corrected chi connectivity index (χ4v) is 2.35. The summed E-state index contributed by atoms with van der Waals surface area (Å²) in [5.41, 5.74) is 1.67. The van der Waals surface area contributed by atoms with E-state index in [9.17, 15) is 9.59 Å². The molecule has 1 aromatic rings. The number of nitrogens with one attached hydrogen (secondary N) is 1. The maximum absolute atomic E-state index is 12.1. The van der Waals surface area contributed by atoms with Crippen molar-refractivity contribution < 1.29 is 9.59 Å². The third kappa shape index (κ3) is 7.48. The molecule has 0 fully saturated rings. The fourth-order valence-electron chi connectivity index (χ4n) is 2.18. The van der Waals surface area contributed by atoms with Gasteiger partial charge in [-0.1, -0.05) is 17.7 Å². The largest absolute Gasteiger partial charge is 0.342 e. The first-order valence-corrected chi connectivity index (χ1v) is 8.13. The van der Waals surface area contributed by atoms with Gasteiger partial charge in [-0.2, -0.15) is 0 Å². The van der Waals surface area contributed by atoms with Gasteiger partial charge in [-0.25, -0.2) is 0 Å². The van der Waals surface area contributed by atoms with Crippen LogP contribution in [0.2, 0.25) is 5.02 Å². The van der Waals surface area contributed by atoms with Crippen LogP contribution in [-0.2, 0) is 9.59 Å². The molecule has 128 valence electrons. The number of carbonyl (C=O) groups excluding carboxylic acids is 2. The molecule has 1 rings (SSSR count). The summed E-state index contributed by atoms with van der Waals surface area (Å²) in [4.78, 5) is 27.5. The van der Waals surface area contributed by atoms with E-state index in [2.05, 4.69) is 10.2 Å². The maximum atomic E-state index is 12.1. The van der Waals surface area contributed by atoms with Crippen molar-refractivity contribution in [3.05, 3.63) is 28.8 Å². The van der Waals surface area contributed by atoms with E-state index in [1.165, 1.54) is 6.92 Å². The van der Waals surface area contributed by atoms with Gasteiger partial charge in [0.05, 0.1) is 0 Å². The SMILES string of the molecule is CC(=O)N(CCCN(C)C)CCC(=O)Nc1cc(Cl)ccc1C. The van der Waals surface area contributed by atoms with Crippen molar-refractivity contribution in [2.45, 2.75) is 26.7 Å². The Labute approximate surface area is 143 Å². The first-order valence-electron chi connectivity index (χ1n) is 7.76. The molecule has 6 heteroatoms. The Morgan fingerprint density at radius 3 is 2.48 bits per heavy atom. The van der Waals surface area contributed by atoms with Gasteiger partial charge in [0.2, 0.25) is 11.8 Å². The van der Waals surface area contributed by atoms with Crippen LogP contribution in [0.4, 0.5) is 5.69 Å². The molecule has 0 radical (unpaired) electrons. The highest BCUT2D eigenvalue weighted by Gasteiger charge is 2.12. The first kappa shape index (κ1) is 19.5. The minimum Gasteiger partial charge on any atom is -0.342 e. The third-order valence-corrected chi connectivity index (χ3v) is 3.80. The van der Waals surface area contributed by atoms with Gasteiger partial charge in [-0.05, 0) is 51.7 Å². The number of amides is 2. The third-order valence-electron chi connectivity index (χ3n) is 3.56. The van der Waals surface area contributed by atoms with Crippen LogP contribution in [0.3, 0.4) is 0 Å². The summed E-state index contributed by atoms with van der Waals surface area (Å²) < 4.78 is 0. The zero-order valence-electron chi connectivity index (χ0n) is 14.4. The monoisotopic (exact) mass is 339 g/mol. The number of rotatable bonds is 8. The predicted octanol–water partition coefficient (Wildman–Crippen LogP) is 2.78. The van der Waals surface area contributed by atoms with Crippen LogP contribution in [0, 0.1) is 6.92 Å². The van der Waals surface area contributed by atoms with Gasteiger partial charge in [0.1, 0.15) is 0 Å². The highest BCUT2D eigenvalue weighted by Crippen LogP contribution is 2.20. The molecule has 1 aromatic carbocycles. The van der Waals surface area contributed by atoms with E-state index >= 15 is 0 Å². The summed E-state index contributed by atoms with van der Waals surface area (Å²) >= 11 is 5.94. The van der Waals surface area contributed by atoms with Crippen molar-refractivity contribution in [2.75, 3.05) is 39.0 Å². The standard InChI is InChI=1S/C17H26ClN3O2/c1-13-6-7-15(18)12-16(13)19-17(23)8-11-21(14(2)22)10-5-9-20(3)4/h6-7,12H,5,8-11H2,1-4H3,(H,19,23). The van der Waals surface area contributed by atoms with Crippen LogP contribution >= 0.6 is 11.6 Å². The Morgan fingerprint density at radius 1 is 1.17 bits per heavy atom. The number of hydrogen-bond acceptors (Lipinski definition) is 3. The van der Waals surface area contributed by atoms with Crippen LogP contribution in [0.15, 0.2) is 18.2 Å². The second-order valence-corrected chi connectivity index (χ2v) is 6.36. The summed E-state index contributed by atoms with van der Waals surface area (Å²) in [5, 5.41) is 3.43. The Kier molecular flexibility index (Phi) is 8.06. The molecule has 0 aromatic heterocycles. The van der Waals surface area contributed by atoms with Gasteiger partial charge in [0.15, 0.2) is 0 Å². The van der Waals surface area contributed by atoms with E-state index in [1.54, 1.807) is 17.0 Å². The molecule has 2 amide bonds. The molecule has 0 aliphatic carbocycles. The van der Waals surface area contributed by atoms with E-state index in [4.69, 9.17) is 11.6 Å². The van der Waals surface area contributed by atoms with Gasteiger partial charge < -0.3 is 15.1 Å². The van der Waals surface area contributed by atoms with E-state index < -0.39 is 0 Å². The van der Waals surface area contributed by atoms with Gasteiger partial charge in [-0.15, -0.1) is 0 Å². The van der Waals surface area contributed by atoms with Crippen LogP contribution in [0.1, 0.15) is 25.3 Å². The molecule has 0 saturated heterocycles. The number of halogens is 1. The Bertz CT molecular complexity index is 547. The summed E-state index contributed by atoms with van der Waals surface area (Å²) in [6, 6.07) is 5.38. The number of anilines is 1. The van der Waals surface area contributed by atoms with Gasteiger partial charge in [-0.3, -0.25) is 9.59 Å². The second-order valence-electron chi connectivity index (χ2n) is 5.92. The van der Waals surface area contributed by atoms with Gasteiger partial charge >= 0.3 is 0 Å². The molecule has 0 atom stereocenters. The molecule has 0 unspecified atom stereocenters. The summed E-state index contributed by atoms with van der Waals surface area (Å²) in [5.74, 6) is -0.121. The molecule has 0 spiro atoms. The molecule has 0 bridgehead atoms. The average Bonchev–Trinajstić information content (AvgIpc) is 2.45. The van der Waals surface area contributed by atoms with Crippen molar-refractivity contribution in [3.63, 3.8) is 0 Å². The molecule has 0 heterocycles. The first-order chi connectivity index (χ1) is 10.8. The smallest absolute Gasteiger partial charge is 0.226 e. The Balaban J connectivity index is 2.48. The van der Waals surface area contributed by atoms with E-state index in [0.717, 1.165) is 18.5 Å². The fraction of sp³-hybridized carbons (Fsp3) is 0.529. The van der Waals surface area contributed by atoms with Crippen LogP contribution in [-0.4, -0.2) is 55.3 Å². The predicted molar refractivity (Wildman–Crippen MR) is 94.9 cm³/mol. The lowest BCUT2D eigenvalue weighted by Crippen LogP contribution is -2.34. The zero-order valence-corrected chi connectivity index (χ0v) is 15.1. The minimum atomic E-state index is -0.116. The second kappa shape index (κ2) is 9.53. The van der Waals surface area contributed by atoms with Crippen molar-refractivity contribution in [1.29, 1.82) is 0 Å². The van der Waals surface area contributed by atoms with Crippen molar-refractivity contribution in [3.8, 4) is 0 Å². The number of aryl methyl sites for hydroxylation is 1. The summed E-state index contributed by atoms with van der Waals surface area (Å²) in [6.07, 6.45) is 1.16. The van der Waals surface area contributed by atoms with Crippen molar-refractivity contribution in [1.82, 2.24) is 9.80 Å². The quantitative estimate of drug-likeness (QED) is 0.792. The molecular weight excluding hydrogens is 314 g/mol. The van der Waals surface area contributed by atoms with E-state index in [0.29, 0.717) is 23.8 Å². The molecule has 0 aliphatic rings. The maximum Gasteiger partial charge on any atom is 0.226 e. The minimum absolute atomic E-state index is 0.00417. The Morgan fingerprint density at radius 2 is 1.87 bits per heavy atom. The molecule has 5 nitrogen and oxygen atoms in total. The number of nitrogens with zero attached hydrogens (tertiary/aromatic N) is 2. The molecule has 0 aliphatic heterocycles. The summed E-state index contributed by atoms with van der Waals surface area (Å²) in [6.45, 7) is 5.45. The lowest BCUT2D eigenvalue weighted by atomic mass is 10.2. The highest BCUT2D eigenvalue weighted by molar-refractivity contribution is 6.31. The molecule has 23 heavy (non-hydrogen) atoms. The highest BCUT2D eigenvalue weighted by atomic mass is 35.5. The normalized spacial score (nSPS) is 10.7. The van der Waals surface area contributed by atoms with Crippen molar-refractivity contribution in [2.24, 2.45) is 0 Å². The number of benzene rings is 1. The number of hydrogen-bond donors (Lipinski definition) is 1. The zero-order chi connectivity index (χ0) is 17.4. The van der Waals surface area contributed by atoms with Gasteiger partial charge in [0, 0.05) is 37.1 Å². The molecule has 1 N–H and O–H groups in total. The van der Waals surface area contributed by atoms with Crippen molar-refractivity contribution >= 4 is 29.1 Å². The molecule has 0 saturated carbocycles. The van der Waals surface area contributed by atoms with Gasteiger partial charge in [0.25, 0.3) is 0 Å². The lowest BCUT2D eigenvalue weighted by Gasteiger charge is -2.22. The summed E-state index contributed by atoms with van der Waals surface area (Å²) in [7, 11) is 4.00. The van der Waals surface area contributed by atoms with Crippen LogP contribution in [0.5, 0.6) is 0 Å². The lowest BCUT2D eigenvalue weighted by molar-refractivity contribution is -0.129. The van der Waals surface area contributed by atoms with E-state index in [1.807, 2.05) is 27.1 Å². The topological polar surface area (TPSA) is 52.7 Å². The van der Waals surface area contributed by atoms with Crippen LogP contribution in [0.25, 0.3) is 0 Å². The van der Waals surface area contributed by atoms with Crippen LogP contribution < -0.4 is 5.32 Å². The Hall–Kier alpha value is -1.59. The number of carbonyl (C=O) groups is 2.